The van der Waals surface area contributed by atoms with E-state index in [0.717, 1.165) is 24.5 Å². The van der Waals surface area contributed by atoms with Gasteiger partial charge in [0.2, 0.25) is 5.91 Å². The van der Waals surface area contributed by atoms with Gasteiger partial charge in [0, 0.05) is 19.5 Å². The Bertz CT molecular complexity index is 940. The zero-order valence-electron chi connectivity index (χ0n) is 18.8. The fourth-order valence-electron chi connectivity index (χ4n) is 4.44. The van der Waals surface area contributed by atoms with Crippen LogP contribution in [0.5, 0.6) is 11.5 Å². The number of para-hydroxylation sites is 2. The standard InChI is InChI=1S/C25H31N3O4/c1-18-25(30)28(21-7-3-4-8-23(21)32-18)16-13-24(29)26-17-22(27-14-5-6-15-27)19-9-11-20(31-2)12-10-19/h3-4,7-12,18,22H,5-6,13-17H2,1-2H3,(H,26,29)/t18-,22-/m1/s1. The normalized spacial score (nSPS) is 19.2. The third-order valence-electron chi connectivity index (χ3n) is 6.21. The van der Waals surface area contributed by atoms with Crippen LogP contribution in [-0.2, 0) is 9.59 Å². The van der Waals surface area contributed by atoms with Gasteiger partial charge in [-0.2, -0.15) is 0 Å². The highest BCUT2D eigenvalue weighted by Gasteiger charge is 2.31. The first kappa shape index (κ1) is 22.1. The van der Waals surface area contributed by atoms with E-state index < -0.39 is 6.10 Å². The molecule has 0 bridgehead atoms. The molecule has 2 amide bonds. The van der Waals surface area contributed by atoms with Gasteiger partial charge in [0.1, 0.15) is 11.5 Å². The van der Waals surface area contributed by atoms with Crippen molar-refractivity contribution in [2.45, 2.75) is 38.3 Å². The molecule has 2 aromatic carbocycles. The number of ether oxygens (including phenoxy) is 2. The van der Waals surface area contributed by atoms with E-state index in [1.54, 1.807) is 18.9 Å². The monoisotopic (exact) mass is 437 g/mol. The first-order valence-corrected chi connectivity index (χ1v) is 11.3. The van der Waals surface area contributed by atoms with Crippen molar-refractivity contribution in [3.63, 3.8) is 0 Å². The third-order valence-corrected chi connectivity index (χ3v) is 6.21. The molecule has 170 valence electrons. The maximum Gasteiger partial charge on any atom is 0.267 e. The van der Waals surface area contributed by atoms with Crippen LogP contribution in [0.2, 0.25) is 0 Å². The maximum absolute atomic E-state index is 12.7. The number of rotatable bonds is 8. The van der Waals surface area contributed by atoms with Gasteiger partial charge in [-0.25, -0.2) is 0 Å². The van der Waals surface area contributed by atoms with Gasteiger partial charge in [-0.3, -0.25) is 14.5 Å². The maximum atomic E-state index is 12.7. The largest absolute Gasteiger partial charge is 0.497 e. The molecule has 2 heterocycles. The number of nitrogens with one attached hydrogen (secondary N) is 1. The van der Waals surface area contributed by atoms with Crippen LogP contribution in [0.1, 0.15) is 37.8 Å². The summed E-state index contributed by atoms with van der Waals surface area (Å²) in [5.74, 6) is 1.31. The number of methoxy groups -OCH3 is 1. The fourth-order valence-corrected chi connectivity index (χ4v) is 4.44. The van der Waals surface area contributed by atoms with Crippen molar-refractivity contribution in [3.05, 3.63) is 54.1 Å². The van der Waals surface area contributed by atoms with E-state index in [2.05, 4.69) is 22.3 Å². The van der Waals surface area contributed by atoms with Gasteiger partial charge in [-0.15, -0.1) is 0 Å². The van der Waals surface area contributed by atoms with Crippen LogP contribution in [-0.4, -0.2) is 56.1 Å². The molecule has 0 radical (unpaired) electrons. The van der Waals surface area contributed by atoms with Crippen LogP contribution in [0.3, 0.4) is 0 Å². The van der Waals surface area contributed by atoms with E-state index in [0.29, 0.717) is 18.8 Å². The third kappa shape index (κ3) is 4.88. The lowest BCUT2D eigenvalue weighted by Gasteiger charge is -2.33. The van der Waals surface area contributed by atoms with E-state index in [9.17, 15) is 9.59 Å². The summed E-state index contributed by atoms with van der Waals surface area (Å²) in [7, 11) is 1.66. The molecule has 0 spiro atoms. The number of carbonyl (C=O) groups is 2. The van der Waals surface area contributed by atoms with Crippen molar-refractivity contribution in [2.24, 2.45) is 0 Å². The van der Waals surface area contributed by atoms with Crippen LogP contribution in [0, 0.1) is 0 Å². The van der Waals surface area contributed by atoms with Gasteiger partial charge >= 0.3 is 0 Å². The van der Waals surface area contributed by atoms with E-state index in [4.69, 9.17) is 9.47 Å². The number of carbonyl (C=O) groups excluding carboxylic acids is 2. The first-order valence-electron chi connectivity index (χ1n) is 11.3. The van der Waals surface area contributed by atoms with Gasteiger partial charge < -0.3 is 19.7 Å². The van der Waals surface area contributed by atoms with Crippen LogP contribution in [0.4, 0.5) is 5.69 Å². The van der Waals surface area contributed by atoms with Crippen molar-refractivity contribution in [1.29, 1.82) is 0 Å². The number of amides is 2. The van der Waals surface area contributed by atoms with Gasteiger partial charge in [0.05, 0.1) is 18.8 Å². The molecule has 0 saturated carbocycles. The predicted molar refractivity (Wildman–Crippen MR) is 123 cm³/mol. The molecule has 0 unspecified atom stereocenters. The van der Waals surface area contributed by atoms with Gasteiger partial charge in [-0.1, -0.05) is 24.3 Å². The SMILES string of the molecule is COc1ccc([C@@H](CNC(=O)CCN2C(=O)[C@@H](C)Oc3ccccc32)N2CCCC2)cc1. The number of hydrogen-bond donors (Lipinski definition) is 1. The molecule has 1 N–H and O–H groups in total. The minimum absolute atomic E-state index is 0.0628. The Morgan fingerprint density at radius 1 is 1.16 bits per heavy atom. The average molecular weight is 438 g/mol. The fraction of sp³-hybridized carbons (Fsp3) is 0.440. The zero-order valence-corrected chi connectivity index (χ0v) is 18.8. The number of hydrogen-bond acceptors (Lipinski definition) is 5. The average Bonchev–Trinajstić information content (AvgIpc) is 3.34. The summed E-state index contributed by atoms with van der Waals surface area (Å²) in [4.78, 5) is 29.4. The molecule has 1 saturated heterocycles. The molecule has 2 aliphatic heterocycles. The molecule has 2 atom stereocenters. The van der Waals surface area contributed by atoms with Crippen molar-refractivity contribution in [2.75, 3.05) is 38.2 Å². The quantitative estimate of drug-likeness (QED) is 0.687. The molecule has 2 aliphatic rings. The van der Waals surface area contributed by atoms with E-state index in [1.807, 2.05) is 36.4 Å². The zero-order chi connectivity index (χ0) is 22.5. The highest BCUT2D eigenvalue weighted by Crippen LogP contribution is 2.33. The Labute approximate surface area is 189 Å². The predicted octanol–water partition coefficient (Wildman–Crippen LogP) is 3.15. The van der Waals surface area contributed by atoms with Crippen molar-refractivity contribution in [3.8, 4) is 11.5 Å². The smallest absolute Gasteiger partial charge is 0.267 e. The van der Waals surface area contributed by atoms with E-state index in [-0.39, 0.29) is 24.3 Å². The Morgan fingerprint density at radius 3 is 2.59 bits per heavy atom. The van der Waals surface area contributed by atoms with Crippen molar-refractivity contribution in [1.82, 2.24) is 10.2 Å². The Morgan fingerprint density at radius 2 is 1.88 bits per heavy atom. The Kier molecular flexibility index (Phi) is 6.95. The second-order valence-electron chi connectivity index (χ2n) is 8.30. The van der Waals surface area contributed by atoms with Crippen LogP contribution < -0.4 is 19.7 Å². The topological polar surface area (TPSA) is 71.1 Å². The van der Waals surface area contributed by atoms with Crippen LogP contribution in [0.15, 0.2) is 48.5 Å². The number of likely N-dealkylation sites (tertiary alicyclic amines) is 1. The highest BCUT2D eigenvalue weighted by atomic mass is 16.5. The lowest BCUT2D eigenvalue weighted by molar-refractivity contribution is -0.125. The summed E-state index contributed by atoms with van der Waals surface area (Å²) in [6.45, 7) is 4.66. The van der Waals surface area contributed by atoms with Gasteiger partial charge in [-0.05, 0) is 62.7 Å². The van der Waals surface area contributed by atoms with Crippen LogP contribution in [0.25, 0.3) is 0 Å². The second kappa shape index (κ2) is 10.0. The van der Waals surface area contributed by atoms with Crippen molar-refractivity contribution >= 4 is 17.5 Å². The summed E-state index contributed by atoms with van der Waals surface area (Å²) in [6.07, 6.45) is 2.04. The minimum atomic E-state index is -0.553. The van der Waals surface area contributed by atoms with Gasteiger partial charge in [0.15, 0.2) is 6.10 Å². The first-order chi connectivity index (χ1) is 15.6. The molecular formula is C25H31N3O4. The molecular weight excluding hydrogens is 406 g/mol. The lowest BCUT2D eigenvalue weighted by atomic mass is 10.1. The molecule has 0 aliphatic carbocycles. The molecule has 4 rings (SSSR count). The summed E-state index contributed by atoms with van der Waals surface area (Å²) in [5, 5.41) is 3.10. The minimum Gasteiger partial charge on any atom is -0.497 e. The number of benzene rings is 2. The summed E-state index contributed by atoms with van der Waals surface area (Å²) >= 11 is 0. The molecule has 1 fully saturated rings. The van der Waals surface area contributed by atoms with Crippen molar-refractivity contribution < 1.29 is 19.1 Å². The van der Waals surface area contributed by atoms with Gasteiger partial charge in [0.25, 0.3) is 5.91 Å². The molecule has 7 heteroatoms. The molecule has 7 nitrogen and oxygen atoms in total. The van der Waals surface area contributed by atoms with E-state index >= 15 is 0 Å². The molecule has 0 aromatic heterocycles. The van der Waals surface area contributed by atoms with E-state index in [1.165, 1.54) is 18.4 Å². The molecule has 2 aromatic rings. The number of anilines is 1. The number of fused-ring (bicyclic) bond motifs is 1. The second-order valence-corrected chi connectivity index (χ2v) is 8.30. The Balaban J connectivity index is 1.38. The highest BCUT2D eigenvalue weighted by molar-refractivity contribution is 6.00. The summed E-state index contributed by atoms with van der Waals surface area (Å²) in [6, 6.07) is 15.6. The van der Waals surface area contributed by atoms with Crippen LogP contribution >= 0.6 is 0 Å². The summed E-state index contributed by atoms with van der Waals surface area (Å²) < 4.78 is 11.0. The number of nitrogens with zero attached hydrogens (tertiary/aromatic N) is 2. The molecule has 32 heavy (non-hydrogen) atoms. The lowest BCUT2D eigenvalue weighted by Crippen LogP contribution is -2.46. The Hall–Kier alpha value is -3.06. The summed E-state index contributed by atoms with van der Waals surface area (Å²) in [5.41, 5.74) is 1.88.